The molecule has 1 aromatic heterocycles. The Kier molecular flexibility index (Phi) is 2.56. The first-order valence-corrected chi connectivity index (χ1v) is 5.65. The van der Waals surface area contributed by atoms with E-state index in [4.69, 9.17) is 4.42 Å². The van der Waals surface area contributed by atoms with Gasteiger partial charge in [-0.1, -0.05) is 0 Å². The SMILES string of the molecule is CC(C(=O)c1ccco1)S(C)(=O)=O. The summed E-state index contributed by atoms with van der Waals surface area (Å²) in [7, 11) is -3.34. The van der Waals surface area contributed by atoms with Gasteiger partial charge >= 0.3 is 0 Å². The van der Waals surface area contributed by atoms with Gasteiger partial charge in [0.05, 0.1) is 6.26 Å². The van der Waals surface area contributed by atoms with E-state index in [1.807, 2.05) is 0 Å². The van der Waals surface area contributed by atoms with Crippen LogP contribution in [0.4, 0.5) is 0 Å². The van der Waals surface area contributed by atoms with Crippen LogP contribution in [0.25, 0.3) is 0 Å². The van der Waals surface area contributed by atoms with Gasteiger partial charge in [-0.15, -0.1) is 0 Å². The number of rotatable bonds is 3. The summed E-state index contributed by atoms with van der Waals surface area (Å²) < 4.78 is 26.8. The van der Waals surface area contributed by atoms with Gasteiger partial charge in [0.1, 0.15) is 5.25 Å². The molecule has 13 heavy (non-hydrogen) atoms. The third-order valence-corrected chi connectivity index (χ3v) is 3.27. The molecule has 72 valence electrons. The monoisotopic (exact) mass is 202 g/mol. The number of sulfone groups is 1. The van der Waals surface area contributed by atoms with E-state index < -0.39 is 20.9 Å². The summed E-state index contributed by atoms with van der Waals surface area (Å²) in [5.74, 6) is -0.426. The number of furan rings is 1. The quantitative estimate of drug-likeness (QED) is 0.683. The molecule has 1 heterocycles. The minimum Gasteiger partial charge on any atom is -0.461 e. The molecule has 0 aromatic carbocycles. The molecule has 5 heteroatoms. The van der Waals surface area contributed by atoms with Gasteiger partial charge in [-0.25, -0.2) is 8.42 Å². The lowest BCUT2D eigenvalue weighted by molar-refractivity contribution is 0.0965. The van der Waals surface area contributed by atoms with E-state index in [2.05, 4.69) is 0 Å². The van der Waals surface area contributed by atoms with Crippen molar-refractivity contribution < 1.29 is 17.6 Å². The van der Waals surface area contributed by atoms with Crippen LogP contribution in [-0.2, 0) is 9.84 Å². The lowest BCUT2D eigenvalue weighted by Crippen LogP contribution is -2.25. The van der Waals surface area contributed by atoms with E-state index in [0.29, 0.717) is 0 Å². The molecule has 0 N–H and O–H groups in total. The van der Waals surface area contributed by atoms with E-state index >= 15 is 0 Å². The van der Waals surface area contributed by atoms with Crippen LogP contribution >= 0.6 is 0 Å². The van der Waals surface area contributed by atoms with Gasteiger partial charge in [0, 0.05) is 6.26 Å². The molecule has 0 aliphatic rings. The maximum Gasteiger partial charge on any atom is 0.215 e. The van der Waals surface area contributed by atoms with Gasteiger partial charge in [0.2, 0.25) is 5.78 Å². The van der Waals surface area contributed by atoms with Crippen LogP contribution in [0.15, 0.2) is 22.8 Å². The fourth-order valence-electron chi connectivity index (χ4n) is 0.814. The molecular weight excluding hydrogens is 192 g/mol. The van der Waals surface area contributed by atoms with Crippen molar-refractivity contribution in [1.29, 1.82) is 0 Å². The summed E-state index contributed by atoms with van der Waals surface area (Å²) in [6.45, 7) is 1.35. The molecule has 0 spiro atoms. The van der Waals surface area contributed by atoms with E-state index in [9.17, 15) is 13.2 Å². The molecule has 0 saturated carbocycles. The van der Waals surface area contributed by atoms with Gasteiger partial charge in [-0.3, -0.25) is 4.79 Å². The Labute approximate surface area is 76.5 Å². The first-order valence-electron chi connectivity index (χ1n) is 3.69. The van der Waals surface area contributed by atoms with Crippen LogP contribution in [0.5, 0.6) is 0 Å². The minimum atomic E-state index is -3.34. The molecule has 0 radical (unpaired) electrons. The van der Waals surface area contributed by atoms with Gasteiger partial charge < -0.3 is 4.42 Å². The van der Waals surface area contributed by atoms with Crippen LogP contribution in [0.3, 0.4) is 0 Å². The van der Waals surface area contributed by atoms with Crippen molar-refractivity contribution in [2.24, 2.45) is 0 Å². The van der Waals surface area contributed by atoms with Crippen LogP contribution in [0.1, 0.15) is 17.5 Å². The third-order valence-electron chi connectivity index (χ3n) is 1.78. The number of hydrogen-bond donors (Lipinski definition) is 0. The Hall–Kier alpha value is -1.10. The Balaban J connectivity index is 2.94. The summed E-state index contributed by atoms with van der Waals surface area (Å²) in [6, 6.07) is 2.99. The second kappa shape index (κ2) is 3.33. The number of hydrogen-bond acceptors (Lipinski definition) is 4. The lowest BCUT2D eigenvalue weighted by atomic mass is 10.2. The molecular formula is C8H10O4S. The normalized spacial score (nSPS) is 14.0. The maximum absolute atomic E-state index is 11.4. The topological polar surface area (TPSA) is 64.3 Å². The van der Waals surface area contributed by atoms with Gasteiger partial charge in [-0.05, 0) is 19.1 Å². The first kappa shape index (κ1) is 9.98. The standard InChI is InChI=1S/C8H10O4S/c1-6(13(2,10)11)8(9)7-4-3-5-12-7/h3-6H,1-2H3. The van der Waals surface area contributed by atoms with Crippen molar-refractivity contribution in [2.45, 2.75) is 12.2 Å². The predicted octanol–water partition coefficient (Wildman–Crippen LogP) is 0.895. The highest BCUT2D eigenvalue weighted by molar-refractivity contribution is 7.92. The molecule has 0 aliphatic heterocycles. The van der Waals surface area contributed by atoms with Crippen LogP contribution in [0.2, 0.25) is 0 Å². The van der Waals surface area contributed by atoms with Crippen LogP contribution < -0.4 is 0 Å². The van der Waals surface area contributed by atoms with Crippen molar-refractivity contribution in [1.82, 2.24) is 0 Å². The fourth-order valence-corrected chi connectivity index (χ4v) is 1.32. The highest BCUT2D eigenvalue weighted by Crippen LogP contribution is 2.09. The molecule has 0 saturated heterocycles. The number of ketones is 1. The van der Waals surface area contributed by atoms with E-state index in [1.54, 1.807) is 6.07 Å². The number of Topliss-reactive ketones (excluding diaryl/α,β-unsaturated/α-hetero) is 1. The van der Waals surface area contributed by atoms with Gasteiger partial charge in [-0.2, -0.15) is 0 Å². The van der Waals surface area contributed by atoms with E-state index in [0.717, 1.165) is 6.26 Å². The third kappa shape index (κ3) is 2.18. The molecule has 1 unspecified atom stereocenters. The van der Waals surface area contributed by atoms with E-state index in [-0.39, 0.29) is 5.76 Å². The summed E-state index contributed by atoms with van der Waals surface area (Å²) in [5, 5.41) is -1.04. The minimum absolute atomic E-state index is 0.0814. The average Bonchev–Trinajstić information content (AvgIpc) is 2.51. The largest absolute Gasteiger partial charge is 0.461 e. The predicted molar refractivity (Wildman–Crippen MR) is 47.3 cm³/mol. The zero-order chi connectivity index (χ0) is 10.1. The summed E-state index contributed by atoms with van der Waals surface area (Å²) >= 11 is 0. The van der Waals surface area contributed by atoms with Crippen molar-refractivity contribution >= 4 is 15.6 Å². The Bertz CT molecular complexity index is 388. The van der Waals surface area contributed by atoms with Crippen LogP contribution in [-0.4, -0.2) is 25.7 Å². The van der Waals surface area contributed by atoms with Gasteiger partial charge in [0.25, 0.3) is 0 Å². The fraction of sp³-hybridized carbons (Fsp3) is 0.375. The first-order chi connectivity index (χ1) is 5.93. The summed E-state index contributed by atoms with van der Waals surface area (Å²) in [6.07, 6.45) is 2.36. The molecule has 1 aromatic rings. The molecule has 4 nitrogen and oxygen atoms in total. The Morgan fingerprint density at radius 3 is 2.54 bits per heavy atom. The van der Waals surface area contributed by atoms with Crippen LogP contribution in [0, 0.1) is 0 Å². The smallest absolute Gasteiger partial charge is 0.215 e. The average molecular weight is 202 g/mol. The van der Waals surface area contributed by atoms with E-state index in [1.165, 1.54) is 19.3 Å². The van der Waals surface area contributed by atoms with Crippen molar-refractivity contribution in [3.05, 3.63) is 24.2 Å². The molecule has 0 bridgehead atoms. The summed E-state index contributed by atoms with van der Waals surface area (Å²) in [4.78, 5) is 11.4. The Morgan fingerprint density at radius 2 is 2.15 bits per heavy atom. The molecule has 0 fully saturated rings. The summed E-state index contributed by atoms with van der Waals surface area (Å²) in [5.41, 5.74) is 0. The van der Waals surface area contributed by atoms with Crippen molar-refractivity contribution in [3.8, 4) is 0 Å². The second-order valence-corrected chi connectivity index (χ2v) is 5.18. The Morgan fingerprint density at radius 1 is 1.54 bits per heavy atom. The van der Waals surface area contributed by atoms with Crippen molar-refractivity contribution in [3.63, 3.8) is 0 Å². The highest BCUT2D eigenvalue weighted by atomic mass is 32.2. The highest BCUT2D eigenvalue weighted by Gasteiger charge is 2.26. The molecule has 0 aliphatic carbocycles. The van der Waals surface area contributed by atoms with Gasteiger partial charge in [0.15, 0.2) is 15.6 Å². The molecule has 0 amide bonds. The molecule has 1 atom stereocenters. The lowest BCUT2D eigenvalue weighted by Gasteiger charge is -2.04. The zero-order valence-corrected chi connectivity index (χ0v) is 8.17. The molecule has 1 rings (SSSR count). The van der Waals surface area contributed by atoms with Crippen molar-refractivity contribution in [2.75, 3.05) is 6.26 Å². The number of carbonyl (C=O) groups excluding carboxylic acids is 1. The maximum atomic E-state index is 11.4. The second-order valence-electron chi connectivity index (χ2n) is 2.81. The zero-order valence-electron chi connectivity index (χ0n) is 7.35. The number of carbonyl (C=O) groups is 1.